The van der Waals surface area contributed by atoms with Crippen molar-refractivity contribution in [1.29, 1.82) is 0 Å². The molecule has 1 aliphatic rings. The van der Waals surface area contributed by atoms with Crippen molar-refractivity contribution in [3.63, 3.8) is 0 Å². The van der Waals surface area contributed by atoms with E-state index < -0.39 is 23.7 Å². The van der Waals surface area contributed by atoms with Gasteiger partial charge in [0.25, 0.3) is 5.78 Å². The minimum absolute atomic E-state index is 0.0963. The molecule has 1 unspecified atom stereocenters. The minimum Gasteiger partial charge on any atom is -0.507 e. The fourth-order valence-electron chi connectivity index (χ4n) is 4.33. The normalized spacial score (nSPS) is 16.4. The number of anilines is 1. The molecule has 1 N–H and O–H groups in total. The number of benzene rings is 2. The van der Waals surface area contributed by atoms with Crippen molar-refractivity contribution in [2.24, 2.45) is 5.92 Å². The number of carbonyl (C=O) groups is 3. The maximum absolute atomic E-state index is 13.5. The Bertz CT molecular complexity index is 1440. The summed E-state index contributed by atoms with van der Waals surface area (Å²) in [5.41, 5.74) is 1.16. The van der Waals surface area contributed by atoms with Crippen molar-refractivity contribution in [2.45, 2.75) is 40.2 Å². The van der Waals surface area contributed by atoms with Crippen LogP contribution in [0, 0.1) is 12.8 Å². The van der Waals surface area contributed by atoms with E-state index in [-0.39, 0.29) is 21.3 Å². The number of hydrogen-bond donors (Lipinski definition) is 1. The molecule has 1 aromatic heterocycles. The third-order valence-corrected chi connectivity index (χ3v) is 7.52. The molecule has 40 heavy (non-hydrogen) atoms. The topological polar surface area (TPSA) is 115 Å². The summed E-state index contributed by atoms with van der Waals surface area (Å²) >= 11 is 0.947. The Labute approximate surface area is 237 Å². The highest BCUT2D eigenvalue weighted by molar-refractivity contribution is 7.17. The maximum atomic E-state index is 13.5. The van der Waals surface area contributed by atoms with E-state index >= 15 is 0 Å². The number of aliphatic hydroxyl groups excluding tert-OH is 1. The predicted octanol–water partition coefficient (Wildman–Crippen LogP) is 5.69. The smallest absolute Gasteiger partial charge is 0.350 e. The van der Waals surface area contributed by atoms with E-state index in [4.69, 9.17) is 14.2 Å². The first-order valence-corrected chi connectivity index (χ1v) is 13.8. The van der Waals surface area contributed by atoms with Gasteiger partial charge in [-0.2, -0.15) is 0 Å². The van der Waals surface area contributed by atoms with E-state index in [0.29, 0.717) is 47.5 Å². The van der Waals surface area contributed by atoms with Crippen LogP contribution in [0.3, 0.4) is 0 Å². The van der Waals surface area contributed by atoms with Gasteiger partial charge in [0.2, 0.25) is 0 Å². The molecule has 0 aliphatic carbocycles. The molecule has 210 valence electrons. The van der Waals surface area contributed by atoms with Crippen molar-refractivity contribution in [2.75, 3.05) is 25.2 Å². The fourth-order valence-corrected chi connectivity index (χ4v) is 5.34. The van der Waals surface area contributed by atoms with Crippen LogP contribution in [0.1, 0.15) is 59.7 Å². The molecule has 2 heterocycles. The molecule has 3 aromatic rings. The first-order chi connectivity index (χ1) is 19.2. The SMILES string of the molecule is CCOc1ccc(C(O)=C2C(=O)C(=O)N(c3nc(C)c(C(=O)OC)s3)C2c2cccc(OCCC(C)C)c2)cc1. The van der Waals surface area contributed by atoms with Gasteiger partial charge in [-0.05, 0) is 68.1 Å². The number of nitrogens with zero attached hydrogens (tertiary/aromatic N) is 2. The first kappa shape index (κ1) is 28.8. The highest BCUT2D eigenvalue weighted by atomic mass is 32.1. The molecule has 1 atom stereocenters. The zero-order chi connectivity index (χ0) is 29.0. The monoisotopic (exact) mass is 564 g/mol. The molecule has 0 radical (unpaired) electrons. The number of Topliss-reactive ketones (excluding diaryl/α,β-unsaturated/α-hetero) is 1. The number of aryl methyl sites for hydroxylation is 1. The van der Waals surface area contributed by atoms with Crippen LogP contribution in [0.15, 0.2) is 54.1 Å². The van der Waals surface area contributed by atoms with Crippen LogP contribution in [0.4, 0.5) is 5.13 Å². The Kier molecular flexibility index (Phi) is 8.89. The lowest BCUT2D eigenvalue weighted by molar-refractivity contribution is -0.132. The molecule has 1 aliphatic heterocycles. The van der Waals surface area contributed by atoms with Gasteiger partial charge >= 0.3 is 11.9 Å². The Morgan fingerprint density at radius 3 is 2.48 bits per heavy atom. The molecule has 10 heteroatoms. The van der Waals surface area contributed by atoms with Crippen LogP contribution >= 0.6 is 11.3 Å². The Morgan fingerprint density at radius 2 is 1.82 bits per heavy atom. The summed E-state index contributed by atoms with van der Waals surface area (Å²) in [5.74, 6) is -1.03. The minimum atomic E-state index is -1.02. The number of aliphatic hydroxyl groups is 1. The van der Waals surface area contributed by atoms with Crippen LogP contribution in [0.5, 0.6) is 11.5 Å². The van der Waals surface area contributed by atoms with Gasteiger partial charge in [-0.3, -0.25) is 14.5 Å². The second-order valence-corrected chi connectivity index (χ2v) is 10.6. The summed E-state index contributed by atoms with van der Waals surface area (Å²) in [6.07, 6.45) is 0.856. The molecular formula is C30H32N2O7S. The summed E-state index contributed by atoms with van der Waals surface area (Å²) in [6.45, 7) is 8.68. The number of hydrogen-bond acceptors (Lipinski definition) is 9. The van der Waals surface area contributed by atoms with Crippen molar-refractivity contribution in [3.05, 3.63) is 75.8 Å². The van der Waals surface area contributed by atoms with E-state index in [9.17, 15) is 19.5 Å². The van der Waals surface area contributed by atoms with E-state index in [0.717, 1.165) is 17.8 Å². The van der Waals surface area contributed by atoms with E-state index in [2.05, 4.69) is 18.8 Å². The number of ether oxygens (including phenoxy) is 3. The highest BCUT2D eigenvalue weighted by Gasteiger charge is 2.48. The second kappa shape index (κ2) is 12.3. The van der Waals surface area contributed by atoms with Crippen LogP contribution in [-0.2, 0) is 14.3 Å². The molecule has 4 rings (SSSR count). The lowest BCUT2D eigenvalue weighted by atomic mass is 9.95. The van der Waals surface area contributed by atoms with Gasteiger partial charge in [0.1, 0.15) is 22.1 Å². The summed E-state index contributed by atoms with van der Waals surface area (Å²) in [5, 5.41) is 11.5. The lowest BCUT2D eigenvalue weighted by Crippen LogP contribution is -2.29. The van der Waals surface area contributed by atoms with Gasteiger partial charge in [0.15, 0.2) is 5.13 Å². The number of amides is 1. The van der Waals surface area contributed by atoms with Gasteiger partial charge in [-0.25, -0.2) is 9.78 Å². The lowest BCUT2D eigenvalue weighted by Gasteiger charge is -2.23. The number of rotatable bonds is 10. The molecular weight excluding hydrogens is 532 g/mol. The Morgan fingerprint density at radius 1 is 1.10 bits per heavy atom. The van der Waals surface area contributed by atoms with Crippen molar-refractivity contribution < 1.29 is 33.7 Å². The number of esters is 1. The van der Waals surface area contributed by atoms with Crippen LogP contribution in [0.2, 0.25) is 0 Å². The van der Waals surface area contributed by atoms with Gasteiger partial charge in [-0.15, -0.1) is 0 Å². The van der Waals surface area contributed by atoms with Crippen molar-refractivity contribution in [3.8, 4) is 11.5 Å². The van der Waals surface area contributed by atoms with E-state index in [1.165, 1.54) is 12.0 Å². The zero-order valence-corrected chi connectivity index (χ0v) is 23.9. The van der Waals surface area contributed by atoms with Gasteiger partial charge < -0.3 is 19.3 Å². The Hall–Kier alpha value is -4.18. The number of methoxy groups -OCH3 is 1. The van der Waals surface area contributed by atoms with Gasteiger partial charge in [0, 0.05) is 5.56 Å². The largest absolute Gasteiger partial charge is 0.507 e. The molecule has 0 bridgehead atoms. The maximum Gasteiger partial charge on any atom is 0.350 e. The number of aromatic nitrogens is 1. The van der Waals surface area contributed by atoms with Crippen LogP contribution in [0.25, 0.3) is 5.76 Å². The zero-order valence-electron chi connectivity index (χ0n) is 23.1. The summed E-state index contributed by atoms with van der Waals surface area (Å²) in [6, 6.07) is 12.7. The molecule has 1 fully saturated rings. The summed E-state index contributed by atoms with van der Waals surface area (Å²) in [4.78, 5) is 45.1. The van der Waals surface area contributed by atoms with Gasteiger partial charge in [-0.1, -0.05) is 37.3 Å². The van der Waals surface area contributed by atoms with E-state index in [1.807, 2.05) is 6.92 Å². The molecule has 2 aromatic carbocycles. The summed E-state index contributed by atoms with van der Waals surface area (Å²) < 4.78 is 16.3. The summed E-state index contributed by atoms with van der Waals surface area (Å²) in [7, 11) is 1.26. The highest BCUT2D eigenvalue weighted by Crippen LogP contribution is 2.44. The van der Waals surface area contributed by atoms with Crippen molar-refractivity contribution in [1.82, 2.24) is 4.98 Å². The second-order valence-electron chi connectivity index (χ2n) is 9.63. The van der Waals surface area contributed by atoms with E-state index in [1.54, 1.807) is 55.5 Å². The fraction of sp³-hybridized carbons (Fsp3) is 0.333. The van der Waals surface area contributed by atoms with Gasteiger partial charge in [0.05, 0.1) is 37.6 Å². The van der Waals surface area contributed by atoms with Crippen molar-refractivity contribution >= 4 is 39.9 Å². The average Bonchev–Trinajstić information content (AvgIpc) is 3.44. The first-order valence-electron chi connectivity index (χ1n) is 13.0. The van der Waals surface area contributed by atoms with Crippen LogP contribution < -0.4 is 14.4 Å². The van der Waals surface area contributed by atoms with Crippen LogP contribution in [-0.4, -0.2) is 48.1 Å². The number of carbonyl (C=O) groups excluding carboxylic acids is 3. The number of ketones is 1. The third-order valence-electron chi connectivity index (χ3n) is 6.38. The number of thiazole rings is 1. The molecule has 9 nitrogen and oxygen atoms in total. The quantitative estimate of drug-likeness (QED) is 0.145. The predicted molar refractivity (Wildman–Crippen MR) is 152 cm³/mol. The molecule has 0 spiro atoms. The average molecular weight is 565 g/mol. The Balaban J connectivity index is 1.85. The molecule has 1 saturated heterocycles. The molecule has 0 saturated carbocycles. The standard InChI is InChI=1S/C30H32N2O7S/c1-6-38-21-12-10-19(11-13-21)25(33)23-24(20-8-7-9-22(16-20)39-15-14-17(2)3)32(28(35)26(23)34)30-31-18(4)27(40-30)29(36)37-5/h7-13,16-17,24,33H,6,14-15H2,1-5H3. The molecule has 1 amide bonds. The third kappa shape index (κ3) is 5.86.